The van der Waals surface area contributed by atoms with E-state index in [1.54, 1.807) is 0 Å². The number of rotatable bonds is 3. The molecular weight excluding hydrogens is 192 g/mol. The maximum atomic E-state index is 9.86. The molecule has 0 spiro atoms. The smallest absolute Gasteiger partial charge is 0.172 e. The van der Waals surface area contributed by atoms with Crippen LogP contribution in [-0.2, 0) is 0 Å². The molecule has 0 aliphatic carbocycles. The second kappa shape index (κ2) is 4.00. The van der Waals surface area contributed by atoms with Crippen molar-refractivity contribution in [3.8, 4) is 0 Å². The van der Waals surface area contributed by atoms with Crippen molar-refractivity contribution < 1.29 is 9.63 Å². The Morgan fingerprint density at radius 1 is 1.53 bits per heavy atom. The van der Waals surface area contributed by atoms with Crippen LogP contribution in [0, 0.1) is 6.92 Å². The van der Waals surface area contributed by atoms with Gasteiger partial charge in [0.15, 0.2) is 5.58 Å². The van der Waals surface area contributed by atoms with Crippen LogP contribution in [0.2, 0.25) is 0 Å². The Kier molecular flexibility index (Phi) is 2.70. The molecule has 2 rings (SSSR count). The second-order valence-electron chi connectivity index (χ2n) is 3.59. The third-order valence-electron chi connectivity index (χ3n) is 2.51. The molecule has 0 saturated carbocycles. The quantitative estimate of drug-likeness (QED) is 0.798. The number of nitrogens with zero attached hydrogens (tertiary/aromatic N) is 1. The van der Waals surface area contributed by atoms with Gasteiger partial charge in [0.2, 0.25) is 0 Å². The fraction of sp³-hybridized carbons (Fsp3) is 0.364. The summed E-state index contributed by atoms with van der Waals surface area (Å²) in [6.45, 7) is 2.33. The predicted molar refractivity (Wildman–Crippen MR) is 57.4 cm³/mol. The van der Waals surface area contributed by atoms with Crippen LogP contribution in [0.5, 0.6) is 0 Å². The molecule has 1 aromatic heterocycles. The molecule has 3 N–H and O–H groups in total. The molecular formula is C11H14N2O2. The summed E-state index contributed by atoms with van der Waals surface area (Å²) in [5.41, 5.74) is 7.67. The van der Waals surface area contributed by atoms with Gasteiger partial charge in [-0.15, -0.1) is 0 Å². The zero-order valence-electron chi connectivity index (χ0n) is 8.60. The standard InChI is InChI=1S/C11H14N2O2/c1-7-8-3-2-4-9(10(14)5-6-12)11(8)15-13-7/h2-4,10,14H,5-6,12H2,1H3. The minimum absolute atomic E-state index is 0.449. The van der Waals surface area contributed by atoms with E-state index in [4.69, 9.17) is 10.3 Å². The van der Waals surface area contributed by atoms with Gasteiger partial charge < -0.3 is 15.4 Å². The molecule has 0 bridgehead atoms. The highest BCUT2D eigenvalue weighted by atomic mass is 16.5. The lowest BCUT2D eigenvalue weighted by molar-refractivity contribution is 0.170. The van der Waals surface area contributed by atoms with Gasteiger partial charge in [0, 0.05) is 10.9 Å². The van der Waals surface area contributed by atoms with E-state index in [9.17, 15) is 5.11 Å². The maximum absolute atomic E-state index is 9.86. The van der Waals surface area contributed by atoms with Gasteiger partial charge in [-0.3, -0.25) is 0 Å². The van der Waals surface area contributed by atoms with E-state index >= 15 is 0 Å². The van der Waals surface area contributed by atoms with E-state index in [-0.39, 0.29) is 0 Å². The Morgan fingerprint density at radius 3 is 3.07 bits per heavy atom. The van der Waals surface area contributed by atoms with E-state index in [1.807, 2.05) is 25.1 Å². The second-order valence-corrected chi connectivity index (χ2v) is 3.59. The van der Waals surface area contributed by atoms with Gasteiger partial charge in [-0.05, 0) is 26.0 Å². The number of aliphatic hydroxyl groups is 1. The number of aryl methyl sites for hydroxylation is 1. The molecule has 4 nitrogen and oxygen atoms in total. The Labute approximate surface area is 87.7 Å². The number of benzene rings is 1. The average Bonchev–Trinajstić information content (AvgIpc) is 2.61. The normalized spacial score (nSPS) is 13.3. The summed E-state index contributed by atoms with van der Waals surface area (Å²) >= 11 is 0. The van der Waals surface area contributed by atoms with Crippen LogP contribution in [-0.4, -0.2) is 16.8 Å². The molecule has 1 heterocycles. The molecule has 0 aliphatic heterocycles. The Hall–Kier alpha value is -1.39. The fourth-order valence-corrected chi connectivity index (χ4v) is 1.68. The van der Waals surface area contributed by atoms with Crippen LogP contribution in [0.4, 0.5) is 0 Å². The van der Waals surface area contributed by atoms with Crippen molar-refractivity contribution in [2.45, 2.75) is 19.4 Å². The van der Waals surface area contributed by atoms with E-state index in [0.29, 0.717) is 18.5 Å². The van der Waals surface area contributed by atoms with Gasteiger partial charge in [0.05, 0.1) is 11.8 Å². The molecule has 15 heavy (non-hydrogen) atoms. The molecule has 4 heteroatoms. The third-order valence-corrected chi connectivity index (χ3v) is 2.51. The van der Waals surface area contributed by atoms with Crippen LogP contribution in [0.3, 0.4) is 0 Å². The molecule has 0 saturated heterocycles. The van der Waals surface area contributed by atoms with Crippen molar-refractivity contribution in [3.63, 3.8) is 0 Å². The summed E-state index contributed by atoms with van der Waals surface area (Å²) in [4.78, 5) is 0. The van der Waals surface area contributed by atoms with Crippen molar-refractivity contribution in [3.05, 3.63) is 29.5 Å². The molecule has 0 amide bonds. The molecule has 0 fully saturated rings. The van der Waals surface area contributed by atoms with E-state index in [0.717, 1.165) is 16.6 Å². The number of nitrogens with two attached hydrogens (primary N) is 1. The number of aliphatic hydroxyl groups excluding tert-OH is 1. The Morgan fingerprint density at radius 2 is 2.33 bits per heavy atom. The highest BCUT2D eigenvalue weighted by Crippen LogP contribution is 2.27. The summed E-state index contributed by atoms with van der Waals surface area (Å²) in [6.07, 6.45) is -0.0511. The molecule has 2 aromatic rings. The number of hydrogen-bond donors (Lipinski definition) is 2. The summed E-state index contributed by atoms with van der Waals surface area (Å²) in [7, 11) is 0. The SMILES string of the molecule is Cc1noc2c(C(O)CCN)cccc12. The van der Waals surface area contributed by atoms with Gasteiger partial charge >= 0.3 is 0 Å². The largest absolute Gasteiger partial charge is 0.388 e. The summed E-state index contributed by atoms with van der Waals surface area (Å²) < 4.78 is 5.20. The highest BCUT2D eigenvalue weighted by Gasteiger charge is 2.14. The van der Waals surface area contributed by atoms with Crippen molar-refractivity contribution in [2.24, 2.45) is 5.73 Å². The summed E-state index contributed by atoms with van der Waals surface area (Å²) in [6, 6.07) is 5.66. The average molecular weight is 206 g/mol. The van der Waals surface area contributed by atoms with Gasteiger partial charge in [-0.1, -0.05) is 17.3 Å². The van der Waals surface area contributed by atoms with Gasteiger partial charge in [0.1, 0.15) is 0 Å². The number of hydrogen-bond acceptors (Lipinski definition) is 4. The fourth-order valence-electron chi connectivity index (χ4n) is 1.68. The van der Waals surface area contributed by atoms with Crippen molar-refractivity contribution >= 4 is 11.0 Å². The van der Waals surface area contributed by atoms with Gasteiger partial charge in [-0.2, -0.15) is 0 Å². The third kappa shape index (κ3) is 1.73. The summed E-state index contributed by atoms with van der Waals surface area (Å²) in [5.74, 6) is 0. The minimum atomic E-state index is -0.578. The van der Waals surface area contributed by atoms with Crippen molar-refractivity contribution in [2.75, 3.05) is 6.54 Å². The van der Waals surface area contributed by atoms with Crippen LogP contribution in [0.25, 0.3) is 11.0 Å². The van der Waals surface area contributed by atoms with Gasteiger partial charge in [0.25, 0.3) is 0 Å². The zero-order valence-corrected chi connectivity index (χ0v) is 8.60. The van der Waals surface area contributed by atoms with Crippen LogP contribution < -0.4 is 5.73 Å². The molecule has 1 atom stereocenters. The van der Waals surface area contributed by atoms with E-state index < -0.39 is 6.10 Å². The van der Waals surface area contributed by atoms with E-state index in [1.165, 1.54) is 0 Å². The Balaban J connectivity index is 2.51. The number of para-hydroxylation sites is 1. The molecule has 1 unspecified atom stereocenters. The van der Waals surface area contributed by atoms with Crippen molar-refractivity contribution in [1.29, 1.82) is 0 Å². The lowest BCUT2D eigenvalue weighted by Crippen LogP contribution is -2.06. The lowest BCUT2D eigenvalue weighted by atomic mass is 10.0. The lowest BCUT2D eigenvalue weighted by Gasteiger charge is -2.08. The first-order chi connectivity index (χ1) is 7.24. The highest BCUT2D eigenvalue weighted by molar-refractivity contribution is 5.82. The molecule has 1 aromatic carbocycles. The topological polar surface area (TPSA) is 72.3 Å². The molecule has 0 radical (unpaired) electrons. The number of fused-ring (bicyclic) bond motifs is 1. The molecule has 80 valence electrons. The first-order valence-corrected chi connectivity index (χ1v) is 4.97. The van der Waals surface area contributed by atoms with Crippen LogP contribution >= 0.6 is 0 Å². The first kappa shape index (κ1) is 10.1. The predicted octanol–water partition coefficient (Wildman–Crippen LogP) is 1.52. The van der Waals surface area contributed by atoms with Gasteiger partial charge in [-0.25, -0.2) is 0 Å². The zero-order chi connectivity index (χ0) is 10.8. The van der Waals surface area contributed by atoms with Crippen LogP contribution in [0.15, 0.2) is 22.7 Å². The maximum Gasteiger partial charge on any atom is 0.172 e. The van der Waals surface area contributed by atoms with Crippen molar-refractivity contribution in [1.82, 2.24) is 5.16 Å². The monoisotopic (exact) mass is 206 g/mol. The van der Waals surface area contributed by atoms with Crippen LogP contribution in [0.1, 0.15) is 23.8 Å². The Bertz CT molecular complexity index is 465. The first-order valence-electron chi connectivity index (χ1n) is 4.97. The molecule has 0 aliphatic rings. The minimum Gasteiger partial charge on any atom is -0.388 e. The number of aromatic nitrogens is 1. The summed E-state index contributed by atoms with van der Waals surface area (Å²) in [5, 5.41) is 14.7. The van der Waals surface area contributed by atoms with E-state index in [2.05, 4.69) is 5.16 Å².